The lowest BCUT2D eigenvalue weighted by Crippen LogP contribution is -2.51. The monoisotopic (exact) mass is 435 g/mol. The molecule has 0 amide bonds. The van der Waals surface area contributed by atoms with E-state index in [1.807, 2.05) is 60.7 Å². The summed E-state index contributed by atoms with van der Waals surface area (Å²) >= 11 is 0. The Bertz CT molecular complexity index is 1020. The average molecular weight is 436 g/mol. The number of hydrogen-bond acceptors (Lipinski definition) is 6. The molecule has 4 atom stereocenters. The van der Waals surface area contributed by atoms with Gasteiger partial charge in [0.25, 0.3) is 0 Å². The number of hydrogen-bond donors (Lipinski definition) is 0. The van der Waals surface area contributed by atoms with Gasteiger partial charge in [0.15, 0.2) is 0 Å². The van der Waals surface area contributed by atoms with Crippen LogP contribution in [0.2, 0.25) is 0 Å². The minimum absolute atomic E-state index is 0.256. The summed E-state index contributed by atoms with van der Waals surface area (Å²) in [4.78, 5) is 28.0. The summed E-state index contributed by atoms with van der Waals surface area (Å²) in [6, 6.07) is 15.1. The number of ether oxygens (including phenoxy) is 3. The standard InChI is InChI=1S/C26H29NO5/c1-30-22-11-6-4-9-18(22)13-14-21-20(17-28)24(19-10-5-7-12-23(19)31-2)26(25(29)32-3)15-8-16-27(21)26/h4-7,9-14,17,20-21,24H,8,15-16H2,1-3H3/b14-13+/t20-,21+,24+,26-/m1/s1. The van der Waals surface area contributed by atoms with Crippen molar-refractivity contribution in [2.75, 3.05) is 27.9 Å². The molecule has 4 rings (SSSR count). The van der Waals surface area contributed by atoms with Crippen LogP contribution in [0, 0.1) is 5.92 Å². The van der Waals surface area contributed by atoms with E-state index in [0.29, 0.717) is 18.7 Å². The smallest absolute Gasteiger partial charge is 0.326 e. The van der Waals surface area contributed by atoms with Crippen molar-refractivity contribution < 1.29 is 23.8 Å². The first-order valence-corrected chi connectivity index (χ1v) is 10.9. The van der Waals surface area contributed by atoms with Crippen molar-refractivity contribution in [3.8, 4) is 11.5 Å². The number of benzene rings is 2. The molecule has 168 valence electrons. The summed E-state index contributed by atoms with van der Waals surface area (Å²) in [6.07, 6.45) is 6.47. The summed E-state index contributed by atoms with van der Waals surface area (Å²) in [5.41, 5.74) is 0.867. The maximum Gasteiger partial charge on any atom is 0.326 e. The summed E-state index contributed by atoms with van der Waals surface area (Å²) in [6.45, 7) is 0.714. The van der Waals surface area contributed by atoms with Crippen LogP contribution in [0.4, 0.5) is 0 Å². The Hall–Kier alpha value is -3.12. The molecule has 0 radical (unpaired) electrons. The first-order chi connectivity index (χ1) is 15.6. The fourth-order valence-corrected chi connectivity index (χ4v) is 5.64. The van der Waals surface area contributed by atoms with Gasteiger partial charge in [-0.05, 0) is 31.5 Å². The van der Waals surface area contributed by atoms with E-state index in [1.54, 1.807) is 14.2 Å². The van der Waals surface area contributed by atoms with Gasteiger partial charge < -0.3 is 19.0 Å². The van der Waals surface area contributed by atoms with Crippen LogP contribution in [0.25, 0.3) is 6.08 Å². The Morgan fingerprint density at radius 2 is 1.72 bits per heavy atom. The first kappa shape index (κ1) is 22.1. The Morgan fingerprint density at radius 1 is 1.03 bits per heavy atom. The van der Waals surface area contributed by atoms with Crippen molar-refractivity contribution in [2.45, 2.75) is 30.3 Å². The molecule has 0 aromatic heterocycles. The molecule has 2 aromatic rings. The van der Waals surface area contributed by atoms with Gasteiger partial charge in [-0.25, -0.2) is 0 Å². The van der Waals surface area contributed by atoms with E-state index in [0.717, 1.165) is 29.6 Å². The Labute approximate surface area is 188 Å². The maximum atomic E-state index is 13.3. The number of fused-ring (bicyclic) bond motifs is 1. The van der Waals surface area contributed by atoms with Gasteiger partial charge in [-0.15, -0.1) is 0 Å². The molecule has 0 saturated carbocycles. The molecule has 2 heterocycles. The van der Waals surface area contributed by atoms with Crippen LogP contribution in [0.1, 0.15) is 29.9 Å². The number of esters is 1. The summed E-state index contributed by atoms with van der Waals surface area (Å²) in [5, 5.41) is 0. The highest BCUT2D eigenvalue weighted by Gasteiger charge is 2.65. The quantitative estimate of drug-likeness (QED) is 0.488. The van der Waals surface area contributed by atoms with Gasteiger partial charge in [0.05, 0.1) is 21.3 Å². The fourth-order valence-electron chi connectivity index (χ4n) is 5.64. The molecule has 6 nitrogen and oxygen atoms in total. The second-order valence-electron chi connectivity index (χ2n) is 8.24. The molecule has 2 saturated heterocycles. The SMILES string of the molecule is COC(=O)[C@]12CCCN1[C@@H](/C=C/c1ccccc1OC)[C@@H](C=O)[C@@H]2c1ccccc1OC. The maximum absolute atomic E-state index is 13.3. The van der Waals surface area contributed by atoms with Crippen molar-refractivity contribution >= 4 is 18.3 Å². The van der Waals surface area contributed by atoms with E-state index >= 15 is 0 Å². The number of carbonyl (C=O) groups excluding carboxylic acids is 2. The Kier molecular flexibility index (Phi) is 6.33. The van der Waals surface area contributed by atoms with Crippen LogP contribution in [0.5, 0.6) is 11.5 Å². The van der Waals surface area contributed by atoms with Crippen LogP contribution in [0.15, 0.2) is 54.6 Å². The second-order valence-corrected chi connectivity index (χ2v) is 8.24. The normalized spacial score (nSPS) is 27.3. The van der Waals surface area contributed by atoms with Crippen LogP contribution in [-0.4, -0.2) is 56.6 Å². The predicted molar refractivity (Wildman–Crippen MR) is 122 cm³/mol. The zero-order chi connectivity index (χ0) is 22.7. The third-order valence-electron chi connectivity index (χ3n) is 6.90. The minimum atomic E-state index is -0.912. The van der Waals surface area contributed by atoms with E-state index in [2.05, 4.69) is 4.90 Å². The number of nitrogens with zero attached hydrogens (tertiary/aromatic N) is 1. The molecule has 32 heavy (non-hydrogen) atoms. The third-order valence-corrected chi connectivity index (χ3v) is 6.90. The highest BCUT2D eigenvalue weighted by atomic mass is 16.5. The van der Waals surface area contributed by atoms with Gasteiger partial charge in [-0.1, -0.05) is 48.6 Å². The van der Waals surface area contributed by atoms with Gasteiger partial charge >= 0.3 is 5.97 Å². The zero-order valence-corrected chi connectivity index (χ0v) is 18.7. The van der Waals surface area contributed by atoms with Crippen molar-refractivity contribution in [3.05, 3.63) is 65.7 Å². The Morgan fingerprint density at radius 3 is 2.41 bits per heavy atom. The predicted octanol–water partition coefficient (Wildman–Crippen LogP) is 3.71. The van der Waals surface area contributed by atoms with E-state index in [4.69, 9.17) is 14.2 Å². The van der Waals surface area contributed by atoms with Gasteiger partial charge in [0, 0.05) is 29.0 Å². The van der Waals surface area contributed by atoms with Crippen molar-refractivity contribution in [1.29, 1.82) is 0 Å². The number of carbonyl (C=O) groups is 2. The molecule has 2 fully saturated rings. The van der Waals surface area contributed by atoms with Gasteiger partial charge in [0.1, 0.15) is 23.3 Å². The lowest BCUT2D eigenvalue weighted by Gasteiger charge is -2.36. The number of methoxy groups -OCH3 is 3. The van der Waals surface area contributed by atoms with Crippen molar-refractivity contribution in [1.82, 2.24) is 4.90 Å². The fraction of sp³-hybridized carbons (Fsp3) is 0.385. The average Bonchev–Trinajstić information content (AvgIpc) is 3.38. The first-order valence-electron chi connectivity index (χ1n) is 10.9. The van der Waals surface area contributed by atoms with Crippen molar-refractivity contribution in [2.24, 2.45) is 5.92 Å². The van der Waals surface area contributed by atoms with Gasteiger partial charge in [-0.2, -0.15) is 0 Å². The summed E-state index contributed by atoms with van der Waals surface area (Å²) in [5.74, 6) is 0.321. The second kappa shape index (κ2) is 9.17. The van der Waals surface area contributed by atoms with E-state index in [-0.39, 0.29) is 17.9 Å². The van der Waals surface area contributed by atoms with Gasteiger partial charge in [-0.3, -0.25) is 9.69 Å². The van der Waals surface area contributed by atoms with Crippen LogP contribution < -0.4 is 9.47 Å². The molecule has 0 aliphatic carbocycles. The number of aldehydes is 1. The molecular formula is C26H29NO5. The molecule has 6 heteroatoms. The highest BCUT2D eigenvalue weighted by molar-refractivity contribution is 5.86. The lowest BCUT2D eigenvalue weighted by atomic mass is 9.73. The molecule has 0 N–H and O–H groups in total. The molecule has 0 bridgehead atoms. The summed E-state index contributed by atoms with van der Waals surface area (Å²) in [7, 11) is 4.66. The molecule has 0 unspecified atom stereocenters. The number of rotatable bonds is 7. The van der Waals surface area contributed by atoms with Gasteiger partial charge in [0.2, 0.25) is 0 Å². The molecule has 2 aliphatic rings. The molecule has 2 aliphatic heterocycles. The van der Waals surface area contributed by atoms with Crippen LogP contribution >= 0.6 is 0 Å². The molecule has 0 spiro atoms. The van der Waals surface area contributed by atoms with Crippen LogP contribution in [0.3, 0.4) is 0 Å². The minimum Gasteiger partial charge on any atom is -0.496 e. The van der Waals surface area contributed by atoms with Crippen LogP contribution in [-0.2, 0) is 14.3 Å². The molecular weight excluding hydrogens is 406 g/mol. The molecule has 2 aromatic carbocycles. The largest absolute Gasteiger partial charge is 0.496 e. The topological polar surface area (TPSA) is 65.1 Å². The van der Waals surface area contributed by atoms with E-state index < -0.39 is 11.5 Å². The summed E-state index contributed by atoms with van der Waals surface area (Å²) < 4.78 is 16.4. The lowest BCUT2D eigenvalue weighted by molar-refractivity contribution is -0.153. The van der Waals surface area contributed by atoms with Crippen molar-refractivity contribution in [3.63, 3.8) is 0 Å². The number of para-hydroxylation sites is 2. The van der Waals surface area contributed by atoms with E-state index in [1.165, 1.54) is 7.11 Å². The zero-order valence-electron chi connectivity index (χ0n) is 18.7. The third kappa shape index (κ3) is 3.39. The van der Waals surface area contributed by atoms with E-state index in [9.17, 15) is 9.59 Å². The highest BCUT2D eigenvalue weighted by Crippen LogP contribution is 2.56. The Balaban J connectivity index is 1.85.